The van der Waals surface area contributed by atoms with Gasteiger partial charge in [-0.1, -0.05) is 11.6 Å². The molecule has 3 heterocycles. The van der Waals surface area contributed by atoms with E-state index < -0.39 is 11.7 Å². The van der Waals surface area contributed by atoms with Crippen molar-refractivity contribution < 1.29 is 18.9 Å². The van der Waals surface area contributed by atoms with Crippen molar-refractivity contribution in [2.75, 3.05) is 18.9 Å². The van der Waals surface area contributed by atoms with Crippen LogP contribution in [0.4, 0.5) is 10.6 Å². The summed E-state index contributed by atoms with van der Waals surface area (Å²) in [6.07, 6.45) is 2.57. The number of amides is 1. The second-order valence-corrected chi connectivity index (χ2v) is 8.13. The Kier molecular flexibility index (Phi) is 6.84. The fraction of sp³-hybridized carbons (Fsp3) is 0.526. The number of pyridine rings is 1. The number of nitrogens with one attached hydrogen (secondary N) is 1. The Bertz CT molecular complexity index is 1060. The van der Waals surface area contributed by atoms with Crippen molar-refractivity contribution in [3.63, 3.8) is 0 Å². The van der Waals surface area contributed by atoms with E-state index in [1.165, 1.54) is 0 Å². The third-order valence-corrected chi connectivity index (χ3v) is 4.51. The zero-order valence-electron chi connectivity index (χ0n) is 17.9. The number of aromatic nitrogens is 5. The number of hydrogen-bond acceptors (Lipinski definition) is 9. The lowest BCUT2D eigenvalue weighted by atomic mass is 10.2. The summed E-state index contributed by atoms with van der Waals surface area (Å²) < 4.78 is 17.7. The number of anilines is 1. The standard InChI is InChI=1S/C19H26ClN7O4/c1-5-27-14-11(29-9-7-6-8-22-18(28)30-19(2,3)4)10-23-15(20)12(14)24-17(27)13-16(21)26-31-25-13/h10H,5-9H2,1-4H3,(H2,21,26)(H,22,28). The van der Waals surface area contributed by atoms with Crippen molar-refractivity contribution in [3.8, 4) is 17.3 Å². The maximum atomic E-state index is 11.7. The number of nitrogens with two attached hydrogens (primary N) is 1. The van der Waals surface area contributed by atoms with E-state index in [-0.39, 0.29) is 11.0 Å². The molecule has 1 amide bonds. The molecule has 3 rings (SSSR count). The van der Waals surface area contributed by atoms with Gasteiger partial charge in [-0.25, -0.2) is 19.4 Å². The molecular formula is C19H26ClN7O4. The molecule has 0 saturated heterocycles. The second-order valence-electron chi connectivity index (χ2n) is 7.77. The minimum absolute atomic E-state index is 0.133. The molecule has 0 aliphatic rings. The first-order valence-electron chi connectivity index (χ1n) is 9.94. The van der Waals surface area contributed by atoms with Crippen LogP contribution in [-0.4, -0.2) is 49.7 Å². The lowest BCUT2D eigenvalue weighted by Crippen LogP contribution is -2.33. The summed E-state index contributed by atoms with van der Waals surface area (Å²) in [5.41, 5.74) is 6.81. The van der Waals surface area contributed by atoms with Crippen LogP contribution < -0.4 is 15.8 Å². The summed E-state index contributed by atoms with van der Waals surface area (Å²) in [6.45, 7) is 8.89. The van der Waals surface area contributed by atoms with Gasteiger partial charge in [-0.2, -0.15) is 0 Å². The molecule has 0 unspecified atom stereocenters. The maximum Gasteiger partial charge on any atom is 0.407 e. The molecule has 0 aliphatic carbocycles. The molecule has 0 radical (unpaired) electrons. The van der Waals surface area contributed by atoms with E-state index in [9.17, 15) is 4.79 Å². The molecule has 0 aliphatic heterocycles. The van der Waals surface area contributed by atoms with Gasteiger partial charge < -0.3 is 25.1 Å². The lowest BCUT2D eigenvalue weighted by molar-refractivity contribution is 0.0526. The number of alkyl carbamates (subject to hydrolysis) is 1. The molecule has 3 N–H and O–H groups in total. The van der Waals surface area contributed by atoms with E-state index in [0.717, 1.165) is 6.42 Å². The van der Waals surface area contributed by atoms with Crippen LogP contribution in [0.5, 0.6) is 5.75 Å². The van der Waals surface area contributed by atoms with E-state index in [1.54, 1.807) is 6.20 Å². The van der Waals surface area contributed by atoms with E-state index in [0.29, 0.717) is 54.4 Å². The van der Waals surface area contributed by atoms with Gasteiger partial charge in [0.1, 0.15) is 16.6 Å². The molecule has 0 aromatic carbocycles. The van der Waals surface area contributed by atoms with Crippen molar-refractivity contribution in [1.29, 1.82) is 0 Å². The minimum atomic E-state index is -0.520. The molecule has 0 saturated carbocycles. The van der Waals surface area contributed by atoms with Gasteiger partial charge in [0.15, 0.2) is 28.2 Å². The third-order valence-electron chi connectivity index (χ3n) is 4.23. The number of aryl methyl sites for hydroxylation is 1. The Morgan fingerprint density at radius 2 is 2.10 bits per heavy atom. The highest BCUT2D eigenvalue weighted by atomic mass is 35.5. The van der Waals surface area contributed by atoms with Crippen LogP contribution in [0.1, 0.15) is 40.5 Å². The SMILES string of the molecule is CCn1c(-c2nonc2N)nc2c(Cl)ncc(OCCCCNC(=O)OC(C)(C)C)c21. The number of fused-ring (bicyclic) bond motifs is 1. The van der Waals surface area contributed by atoms with Crippen LogP contribution in [-0.2, 0) is 11.3 Å². The molecule has 0 fully saturated rings. The molecule has 168 valence electrons. The number of rotatable bonds is 8. The Morgan fingerprint density at radius 1 is 1.32 bits per heavy atom. The van der Waals surface area contributed by atoms with Crippen LogP contribution in [0.25, 0.3) is 22.6 Å². The first-order valence-corrected chi connectivity index (χ1v) is 10.3. The topological polar surface area (TPSA) is 143 Å². The normalized spacial score (nSPS) is 11.6. The highest BCUT2D eigenvalue weighted by Crippen LogP contribution is 2.34. The summed E-state index contributed by atoms with van der Waals surface area (Å²) in [5, 5.41) is 10.4. The van der Waals surface area contributed by atoms with E-state index >= 15 is 0 Å². The number of carbonyl (C=O) groups excluding carboxylic acids is 1. The fourth-order valence-corrected chi connectivity index (χ4v) is 3.12. The molecule has 12 heteroatoms. The zero-order valence-corrected chi connectivity index (χ0v) is 18.7. The highest BCUT2D eigenvalue weighted by molar-refractivity contribution is 6.34. The van der Waals surface area contributed by atoms with Gasteiger partial charge in [0.2, 0.25) is 0 Å². The number of carbonyl (C=O) groups is 1. The fourth-order valence-electron chi connectivity index (χ4n) is 2.94. The van der Waals surface area contributed by atoms with Gasteiger partial charge >= 0.3 is 6.09 Å². The van der Waals surface area contributed by atoms with Gasteiger partial charge in [0.25, 0.3) is 0 Å². The first-order chi connectivity index (χ1) is 14.7. The van der Waals surface area contributed by atoms with Gasteiger partial charge in [-0.15, -0.1) is 0 Å². The van der Waals surface area contributed by atoms with Gasteiger partial charge in [0, 0.05) is 13.1 Å². The Labute approximate surface area is 184 Å². The van der Waals surface area contributed by atoms with Gasteiger partial charge in [-0.3, -0.25) is 0 Å². The van der Waals surface area contributed by atoms with Gasteiger partial charge in [0.05, 0.1) is 12.8 Å². The average Bonchev–Trinajstić information content (AvgIpc) is 3.28. The van der Waals surface area contributed by atoms with Crippen LogP contribution in [0.15, 0.2) is 10.8 Å². The monoisotopic (exact) mass is 451 g/mol. The quantitative estimate of drug-likeness (QED) is 0.388. The second kappa shape index (κ2) is 9.38. The molecule has 31 heavy (non-hydrogen) atoms. The number of imidazole rings is 1. The van der Waals surface area contributed by atoms with Crippen molar-refractivity contribution in [2.24, 2.45) is 0 Å². The number of nitrogens with zero attached hydrogens (tertiary/aromatic N) is 5. The van der Waals surface area contributed by atoms with Crippen molar-refractivity contribution in [3.05, 3.63) is 11.3 Å². The summed E-state index contributed by atoms with van der Waals surface area (Å²) in [6, 6.07) is 0. The van der Waals surface area contributed by atoms with Gasteiger partial charge in [-0.05, 0) is 50.8 Å². The van der Waals surface area contributed by atoms with Crippen LogP contribution in [0.3, 0.4) is 0 Å². The molecule has 0 atom stereocenters. The average molecular weight is 452 g/mol. The van der Waals surface area contributed by atoms with Crippen LogP contribution >= 0.6 is 11.6 Å². The Hall–Kier alpha value is -3.08. The molecule has 11 nitrogen and oxygen atoms in total. The lowest BCUT2D eigenvalue weighted by Gasteiger charge is -2.19. The Morgan fingerprint density at radius 3 is 2.74 bits per heavy atom. The predicted octanol–water partition coefficient (Wildman–Crippen LogP) is 3.42. The molecule has 0 bridgehead atoms. The number of nitrogen functional groups attached to an aromatic ring is 1. The van der Waals surface area contributed by atoms with Crippen LogP contribution in [0.2, 0.25) is 5.15 Å². The smallest absolute Gasteiger partial charge is 0.407 e. The number of unbranched alkanes of at least 4 members (excludes halogenated alkanes) is 1. The number of hydrogen-bond donors (Lipinski definition) is 2. The van der Waals surface area contributed by atoms with E-state index in [4.69, 9.17) is 31.4 Å². The highest BCUT2D eigenvalue weighted by Gasteiger charge is 2.23. The Balaban J connectivity index is 1.66. The number of ether oxygens (including phenoxy) is 2. The summed E-state index contributed by atoms with van der Waals surface area (Å²) in [7, 11) is 0. The van der Waals surface area contributed by atoms with E-state index in [1.807, 2.05) is 32.3 Å². The van der Waals surface area contributed by atoms with E-state index in [2.05, 4.69) is 25.6 Å². The maximum absolute atomic E-state index is 11.7. The summed E-state index contributed by atoms with van der Waals surface area (Å²) >= 11 is 6.27. The number of halogens is 1. The minimum Gasteiger partial charge on any atom is -0.490 e. The van der Waals surface area contributed by atoms with Crippen LogP contribution in [0, 0.1) is 0 Å². The largest absolute Gasteiger partial charge is 0.490 e. The third kappa shape index (κ3) is 5.35. The molecular weight excluding hydrogens is 426 g/mol. The molecule has 3 aromatic rings. The van der Waals surface area contributed by atoms with Crippen molar-refractivity contribution >= 4 is 34.5 Å². The molecule has 0 spiro atoms. The molecule has 3 aromatic heterocycles. The van der Waals surface area contributed by atoms with Crippen molar-refractivity contribution in [2.45, 2.75) is 52.7 Å². The van der Waals surface area contributed by atoms with Crippen molar-refractivity contribution in [1.82, 2.24) is 30.2 Å². The summed E-state index contributed by atoms with van der Waals surface area (Å²) in [5.74, 6) is 1.14. The zero-order chi connectivity index (χ0) is 22.6. The summed E-state index contributed by atoms with van der Waals surface area (Å²) in [4.78, 5) is 20.4. The first kappa shape index (κ1) is 22.6. The predicted molar refractivity (Wildman–Crippen MR) is 115 cm³/mol.